The number of hydrogen-bond acceptors (Lipinski definition) is 3. The molecule has 108 valence electrons. The van der Waals surface area contributed by atoms with Crippen LogP contribution in [0.2, 0.25) is 5.02 Å². The maximum Gasteiger partial charge on any atom is 0.322 e. The van der Waals surface area contributed by atoms with E-state index in [4.69, 9.17) is 16.7 Å². The predicted molar refractivity (Wildman–Crippen MR) is 75.6 cm³/mol. The van der Waals surface area contributed by atoms with Crippen molar-refractivity contribution < 1.29 is 14.7 Å². The fourth-order valence-electron chi connectivity index (χ4n) is 2.05. The fourth-order valence-corrected chi connectivity index (χ4v) is 2.28. The Bertz CT molecular complexity index is 536. The number of hydrogen-bond donors (Lipinski definition) is 3. The van der Waals surface area contributed by atoms with Crippen LogP contribution in [-0.2, 0) is 11.3 Å². The molecule has 1 aliphatic heterocycles. The van der Waals surface area contributed by atoms with Crippen molar-refractivity contribution in [3.8, 4) is 0 Å². The van der Waals surface area contributed by atoms with Gasteiger partial charge in [0.2, 0.25) is 5.91 Å². The van der Waals surface area contributed by atoms with Crippen molar-refractivity contribution >= 4 is 29.2 Å². The Hall–Kier alpha value is -1.79. The summed E-state index contributed by atoms with van der Waals surface area (Å²) < 4.78 is 0. The number of rotatable bonds is 4. The minimum absolute atomic E-state index is 0.140. The van der Waals surface area contributed by atoms with Gasteiger partial charge in [0.25, 0.3) is 0 Å². The lowest BCUT2D eigenvalue weighted by molar-refractivity contribution is -0.125. The molecule has 7 heteroatoms. The average Bonchev–Trinajstić information content (AvgIpc) is 2.43. The van der Waals surface area contributed by atoms with Gasteiger partial charge in [-0.05, 0) is 19.1 Å². The molecule has 1 aromatic rings. The van der Waals surface area contributed by atoms with Gasteiger partial charge in [-0.15, -0.1) is 0 Å². The second-order valence-corrected chi connectivity index (χ2v) is 4.92. The molecule has 3 amide bonds. The lowest BCUT2D eigenvalue weighted by Gasteiger charge is -2.33. The van der Waals surface area contributed by atoms with Crippen molar-refractivity contribution in [1.82, 2.24) is 10.2 Å². The summed E-state index contributed by atoms with van der Waals surface area (Å²) in [6.07, 6.45) is 0. The lowest BCUT2D eigenvalue weighted by Crippen LogP contribution is -2.51. The minimum Gasteiger partial charge on any atom is -0.395 e. The molecule has 0 aromatic heterocycles. The highest BCUT2D eigenvalue weighted by Crippen LogP contribution is 2.30. The quantitative estimate of drug-likeness (QED) is 0.780. The molecule has 0 radical (unpaired) electrons. The van der Waals surface area contributed by atoms with Gasteiger partial charge in [0.05, 0.1) is 13.2 Å². The summed E-state index contributed by atoms with van der Waals surface area (Å²) in [6.45, 7) is 1.93. The zero-order valence-electron chi connectivity index (χ0n) is 11.0. The fraction of sp³-hybridized carbons (Fsp3) is 0.385. The highest BCUT2D eigenvalue weighted by Gasteiger charge is 2.31. The number of benzene rings is 1. The first-order valence-electron chi connectivity index (χ1n) is 6.28. The number of aliphatic hydroxyl groups excluding tert-OH is 1. The maximum atomic E-state index is 12.0. The summed E-state index contributed by atoms with van der Waals surface area (Å²) in [4.78, 5) is 25.3. The number of halogens is 1. The normalized spacial score (nSPS) is 15.3. The van der Waals surface area contributed by atoms with E-state index in [1.165, 1.54) is 4.90 Å². The van der Waals surface area contributed by atoms with Crippen molar-refractivity contribution in [2.24, 2.45) is 0 Å². The van der Waals surface area contributed by atoms with Gasteiger partial charge in [0.1, 0.15) is 6.04 Å². The van der Waals surface area contributed by atoms with Gasteiger partial charge < -0.3 is 20.6 Å². The van der Waals surface area contributed by atoms with E-state index in [-0.39, 0.29) is 31.6 Å². The van der Waals surface area contributed by atoms with Crippen molar-refractivity contribution in [2.75, 3.05) is 18.5 Å². The number of amides is 3. The Kier molecular flexibility index (Phi) is 4.46. The first-order valence-corrected chi connectivity index (χ1v) is 6.66. The van der Waals surface area contributed by atoms with Gasteiger partial charge in [-0.25, -0.2) is 4.79 Å². The van der Waals surface area contributed by atoms with Crippen molar-refractivity contribution in [3.05, 3.63) is 28.8 Å². The van der Waals surface area contributed by atoms with E-state index in [1.807, 2.05) is 0 Å². The zero-order chi connectivity index (χ0) is 14.7. The van der Waals surface area contributed by atoms with E-state index in [0.717, 1.165) is 5.56 Å². The van der Waals surface area contributed by atoms with Gasteiger partial charge in [0, 0.05) is 22.8 Å². The summed E-state index contributed by atoms with van der Waals surface area (Å²) in [5, 5.41) is 14.5. The van der Waals surface area contributed by atoms with E-state index in [0.29, 0.717) is 10.7 Å². The van der Waals surface area contributed by atoms with Gasteiger partial charge in [-0.1, -0.05) is 17.7 Å². The molecule has 0 saturated heterocycles. The molecule has 1 aromatic carbocycles. The Balaban J connectivity index is 2.16. The van der Waals surface area contributed by atoms with E-state index in [1.54, 1.807) is 25.1 Å². The number of carbonyl (C=O) groups excluding carboxylic acids is 2. The molecular weight excluding hydrogens is 282 g/mol. The zero-order valence-corrected chi connectivity index (χ0v) is 11.8. The van der Waals surface area contributed by atoms with Crippen LogP contribution in [0.3, 0.4) is 0 Å². The number of anilines is 1. The molecule has 1 aliphatic rings. The summed E-state index contributed by atoms with van der Waals surface area (Å²) in [5.41, 5.74) is 1.46. The number of nitrogens with one attached hydrogen (secondary N) is 2. The van der Waals surface area contributed by atoms with Crippen LogP contribution >= 0.6 is 11.6 Å². The predicted octanol–water partition coefficient (Wildman–Crippen LogP) is 1.18. The Labute approximate surface area is 121 Å². The van der Waals surface area contributed by atoms with Crippen LogP contribution in [0, 0.1) is 0 Å². The van der Waals surface area contributed by atoms with E-state index in [2.05, 4.69) is 10.6 Å². The van der Waals surface area contributed by atoms with Gasteiger partial charge >= 0.3 is 6.03 Å². The van der Waals surface area contributed by atoms with E-state index < -0.39 is 6.04 Å². The van der Waals surface area contributed by atoms with Crippen LogP contribution in [0.1, 0.15) is 12.5 Å². The average molecular weight is 298 g/mol. The van der Waals surface area contributed by atoms with Gasteiger partial charge in [-0.3, -0.25) is 4.79 Å². The van der Waals surface area contributed by atoms with E-state index in [9.17, 15) is 9.59 Å². The van der Waals surface area contributed by atoms with Crippen molar-refractivity contribution in [1.29, 1.82) is 0 Å². The standard InChI is InChI=1S/C13H16ClN3O3/c1-8(12(19)15-5-6-18)17-7-9-10(14)3-2-4-11(9)16-13(17)20/h2-4,8,18H,5-7H2,1H3,(H,15,19)(H,16,20). The van der Waals surface area contributed by atoms with Crippen LogP contribution < -0.4 is 10.6 Å². The lowest BCUT2D eigenvalue weighted by atomic mass is 10.1. The second-order valence-electron chi connectivity index (χ2n) is 4.51. The smallest absolute Gasteiger partial charge is 0.322 e. The SMILES string of the molecule is CC(C(=O)NCCO)N1Cc2c(Cl)cccc2NC1=O. The van der Waals surface area contributed by atoms with Crippen LogP contribution in [0.15, 0.2) is 18.2 Å². The highest BCUT2D eigenvalue weighted by atomic mass is 35.5. The maximum absolute atomic E-state index is 12.0. The van der Waals surface area contributed by atoms with Crippen LogP contribution in [0.5, 0.6) is 0 Å². The molecule has 0 aliphatic carbocycles. The summed E-state index contributed by atoms with van der Waals surface area (Å²) in [7, 11) is 0. The van der Waals surface area contributed by atoms with E-state index >= 15 is 0 Å². The number of carbonyl (C=O) groups is 2. The molecule has 3 N–H and O–H groups in total. The summed E-state index contributed by atoms with van der Waals surface area (Å²) >= 11 is 6.11. The third-order valence-electron chi connectivity index (χ3n) is 3.21. The van der Waals surface area contributed by atoms with Crippen LogP contribution in [-0.4, -0.2) is 41.1 Å². The van der Waals surface area contributed by atoms with Gasteiger partial charge in [0.15, 0.2) is 0 Å². The molecule has 6 nitrogen and oxygen atoms in total. The van der Waals surface area contributed by atoms with Crippen molar-refractivity contribution in [3.63, 3.8) is 0 Å². The topological polar surface area (TPSA) is 81.7 Å². The second kappa shape index (κ2) is 6.11. The van der Waals surface area contributed by atoms with Crippen LogP contribution in [0.25, 0.3) is 0 Å². The Morgan fingerprint density at radius 3 is 3.05 bits per heavy atom. The molecule has 0 saturated carbocycles. The molecule has 20 heavy (non-hydrogen) atoms. The molecule has 1 atom stereocenters. The monoisotopic (exact) mass is 297 g/mol. The molecule has 1 heterocycles. The number of nitrogens with zero attached hydrogens (tertiary/aromatic N) is 1. The van der Waals surface area contributed by atoms with Gasteiger partial charge in [-0.2, -0.15) is 0 Å². The number of fused-ring (bicyclic) bond motifs is 1. The third-order valence-corrected chi connectivity index (χ3v) is 3.56. The first kappa shape index (κ1) is 14.6. The number of aliphatic hydroxyl groups is 1. The largest absolute Gasteiger partial charge is 0.395 e. The molecule has 0 bridgehead atoms. The number of urea groups is 1. The molecule has 1 unspecified atom stereocenters. The molecule has 0 fully saturated rings. The van der Waals surface area contributed by atoms with Crippen molar-refractivity contribution in [2.45, 2.75) is 19.5 Å². The highest BCUT2D eigenvalue weighted by molar-refractivity contribution is 6.32. The first-order chi connectivity index (χ1) is 9.54. The van der Waals surface area contributed by atoms with Crippen LogP contribution in [0.4, 0.5) is 10.5 Å². The molecule has 2 rings (SSSR count). The Morgan fingerprint density at radius 1 is 1.60 bits per heavy atom. The Morgan fingerprint density at radius 2 is 2.35 bits per heavy atom. The third kappa shape index (κ3) is 2.86. The minimum atomic E-state index is -0.647. The molecular formula is C13H16ClN3O3. The summed E-state index contributed by atoms with van der Waals surface area (Å²) in [5.74, 6) is -0.315. The molecule has 0 spiro atoms. The summed E-state index contributed by atoms with van der Waals surface area (Å²) in [6, 6.07) is 4.28.